The number of nitrogens with zero attached hydrogens (tertiary/aromatic N) is 1. The Hall–Kier alpha value is -1.95. The van der Waals surface area contributed by atoms with Crippen molar-refractivity contribution in [2.75, 3.05) is 19.5 Å². The first-order valence-electron chi connectivity index (χ1n) is 7.96. The van der Waals surface area contributed by atoms with Gasteiger partial charge in [-0.05, 0) is 39.2 Å². The number of rotatable bonds is 4. The number of ether oxygens (including phenoxy) is 2. The molecule has 7 heteroatoms. The van der Waals surface area contributed by atoms with Gasteiger partial charge >= 0.3 is 5.97 Å². The van der Waals surface area contributed by atoms with Crippen LogP contribution in [-0.4, -0.2) is 42.6 Å². The number of likely N-dealkylation sites (tertiary alicyclic amines) is 1. The van der Waals surface area contributed by atoms with Crippen LogP contribution >= 0.6 is 11.6 Å². The van der Waals surface area contributed by atoms with Gasteiger partial charge in [0.1, 0.15) is 11.3 Å². The molecule has 0 saturated carbocycles. The maximum Gasteiger partial charge on any atom is 0.342 e. The minimum absolute atomic E-state index is 0.143. The van der Waals surface area contributed by atoms with Crippen molar-refractivity contribution in [2.45, 2.75) is 45.2 Å². The maximum absolute atomic E-state index is 12.4. The summed E-state index contributed by atoms with van der Waals surface area (Å²) in [5.41, 5.74) is 6.14. The Balaban J connectivity index is 2.05. The molecule has 6 nitrogen and oxygen atoms in total. The number of carbonyl (C=O) groups excluding carboxylic acids is 2. The fourth-order valence-corrected chi connectivity index (χ4v) is 3.25. The van der Waals surface area contributed by atoms with Crippen molar-refractivity contribution in [3.8, 4) is 5.75 Å². The van der Waals surface area contributed by atoms with E-state index in [-0.39, 0.29) is 40.9 Å². The van der Waals surface area contributed by atoms with Gasteiger partial charge in [0.25, 0.3) is 5.91 Å². The van der Waals surface area contributed by atoms with Crippen molar-refractivity contribution in [3.63, 3.8) is 0 Å². The van der Waals surface area contributed by atoms with Crippen LogP contribution in [0.25, 0.3) is 0 Å². The predicted molar refractivity (Wildman–Crippen MR) is 92.3 cm³/mol. The first-order chi connectivity index (χ1) is 11.3. The van der Waals surface area contributed by atoms with Crippen LogP contribution in [-0.2, 0) is 9.53 Å². The van der Waals surface area contributed by atoms with E-state index in [0.29, 0.717) is 5.69 Å². The van der Waals surface area contributed by atoms with E-state index < -0.39 is 5.97 Å². The molecule has 0 aromatic heterocycles. The average molecular weight is 355 g/mol. The molecule has 1 aliphatic heterocycles. The van der Waals surface area contributed by atoms with E-state index in [1.165, 1.54) is 19.2 Å². The summed E-state index contributed by atoms with van der Waals surface area (Å²) in [6.45, 7) is 3.72. The van der Waals surface area contributed by atoms with Crippen LogP contribution < -0.4 is 10.5 Å². The number of anilines is 1. The number of hydrogen-bond donors (Lipinski definition) is 1. The molecule has 1 fully saturated rings. The summed E-state index contributed by atoms with van der Waals surface area (Å²) in [5.74, 6) is -0.600. The number of carbonyl (C=O) groups is 2. The minimum Gasteiger partial charge on any atom is -0.496 e. The Bertz CT molecular complexity index is 625. The van der Waals surface area contributed by atoms with Crippen molar-refractivity contribution < 1.29 is 19.1 Å². The molecule has 1 aromatic carbocycles. The van der Waals surface area contributed by atoms with Gasteiger partial charge in [0.05, 0.1) is 17.8 Å². The summed E-state index contributed by atoms with van der Waals surface area (Å²) in [5, 5.41) is 0.229. The fraction of sp³-hybridized carbons (Fsp3) is 0.529. The third-order valence-electron chi connectivity index (χ3n) is 4.35. The number of amides is 1. The SMILES string of the molecule is COc1cc(N)c(Cl)cc1C(=O)OCC(=O)N1[C@H](C)CCC[C@@H]1C. The van der Waals surface area contributed by atoms with Gasteiger partial charge < -0.3 is 20.1 Å². The molecule has 1 aliphatic rings. The molecule has 1 aromatic rings. The average Bonchev–Trinajstić information content (AvgIpc) is 2.54. The molecule has 24 heavy (non-hydrogen) atoms. The standard InChI is InChI=1S/C17H23ClN2O4/c1-10-5-4-6-11(2)20(10)16(21)9-24-17(22)12-7-13(18)14(19)8-15(12)23-3/h7-8,10-11H,4-6,9,19H2,1-3H3/t10-,11+. The molecule has 1 heterocycles. The molecule has 0 bridgehead atoms. The van der Waals surface area contributed by atoms with Crippen LogP contribution in [0.1, 0.15) is 43.5 Å². The highest BCUT2D eigenvalue weighted by Gasteiger charge is 2.29. The van der Waals surface area contributed by atoms with Gasteiger partial charge in [-0.25, -0.2) is 4.79 Å². The topological polar surface area (TPSA) is 81.9 Å². The van der Waals surface area contributed by atoms with Gasteiger partial charge in [0.2, 0.25) is 0 Å². The Kier molecular flexibility index (Phi) is 5.94. The third kappa shape index (κ3) is 3.93. The zero-order valence-corrected chi connectivity index (χ0v) is 14.9. The third-order valence-corrected chi connectivity index (χ3v) is 4.67. The highest BCUT2D eigenvalue weighted by Crippen LogP contribution is 2.29. The summed E-state index contributed by atoms with van der Waals surface area (Å²) in [4.78, 5) is 26.5. The molecule has 1 saturated heterocycles. The van der Waals surface area contributed by atoms with Crippen LogP contribution in [0.4, 0.5) is 5.69 Å². The number of nitrogen functional groups attached to an aromatic ring is 1. The number of nitrogens with two attached hydrogens (primary N) is 1. The molecule has 2 atom stereocenters. The lowest BCUT2D eigenvalue weighted by Crippen LogP contribution is -2.49. The summed E-state index contributed by atoms with van der Waals surface area (Å²) < 4.78 is 10.3. The van der Waals surface area contributed by atoms with Crippen molar-refractivity contribution in [1.29, 1.82) is 0 Å². The van der Waals surface area contributed by atoms with Crippen molar-refractivity contribution in [3.05, 3.63) is 22.7 Å². The highest BCUT2D eigenvalue weighted by molar-refractivity contribution is 6.33. The van der Waals surface area contributed by atoms with Gasteiger partial charge in [-0.2, -0.15) is 0 Å². The second-order valence-corrected chi connectivity index (χ2v) is 6.49. The smallest absolute Gasteiger partial charge is 0.342 e. The summed E-state index contributed by atoms with van der Waals surface area (Å²) in [6.07, 6.45) is 3.03. The number of methoxy groups -OCH3 is 1. The molecule has 0 aliphatic carbocycles. The second-order valence-electron chi connectivity index (χ2n) is 6.08. The number of esters is 1. The number of halogens is 1. The summed E-state index contributed by atoms with van der Waals surface area (Å²) >= 11 is 5.95. The van der Waals surface area contributed by atoms with Crippen LogP contribution in [0.2, 0.25) is 5.02 Å². The Labute approximate surface area is 146 Å². The predicted octanol–water partition coefficient (Wildman–Crippen LogP) is 2.88. The van der Waals surface area contributed by atoms with Crippen LogP contribution in [0.3, 0.4) is 0 Å². The zero-order valence-electron chi connectivity index (χ0n) is 14.2. The number of hydrogen-bond acceptors (Lipinski definition) is 5. The normalized spacial score (nSPS) is 20.6. The van der Waals surface area contributed by atoms with Gasteiger partial charge in [-0.1, -0.05) is 11.6 Å². The fourth-order valence-electron chi connectivity index (χ4n) is 3.09. The Morgan fingerprint density at radius 1 is 1.29 bits per heavy atom. The lowest BCUT2D eigenvalue weighted by Gasteiger charge is -2.38. The highest BCUT2D eigenvalue weighted by atomic mass is 35.5. The molecule has 0 spiro atoms. The van der Waals surface area contributed by atoms with Gasteiger partial charge in [-0.15, -0.1) is 0 Å². The number of piperidine rings is 1. The largest absolute Gasteiger partial charge is 0.496 e. The van der Waals surface area contributed by atoms with Gasteiger partial charge in [0, 0.05) is 18.2 Å². The van der Waals surface area contributed by atoms with Crippen LogP contribution in [0.15, 0.2) is 12.1 Å². The zero-order chi connectivity index (χ0) is 17.9. The van der Waals surface area contributed by atoms with E-state index in [1.807, 2.05) is 13.8 Å². The van der Waals surface area contributed by atoms with Gasteiger partial charge in [-0.3, -0.25) is 4.79 Å². The van der Waals surface area contributed by atoms with E-state index in [2.05, 4.69) is 0 Å². The lowest BCUT2D eigenvalue weighted by atomic mass is 9.97. The molecule has 132 valence electrons. The molecule has 1 amide bonds. The quantitative estimate of drug-likeness (QED) is 0.664. The van der Waals surface area contributed by atoms with Crippen molar-refractivity contribution >= 4 is 29.2 Å². The molecule has 2 N–H and O–H groups in total. The molecular formula is C17H23ClN2O4. The van der Waals surface area contributed by atoms with Crippen LogP contribution in [0.5, 0.6) is 5.75 Å². The number of benzene rings is 1. The van der Waals surface area contributed by atoms with E-state index >= 15 is 0 Å². The molecule has 0 radical (unpaired) electrons. The maximum atomic E-state index is 12.4. The molecular weight excluding hydrogens is 332 g/mol. The van der Waals surface area contributed by atoms with Gasteiger partial charge in [0.15, 0.2) is 6.61 Å². The first kappa shape index (κ1) is 18.4. The Morgan fingerprint density at radius 3 is 2.50 bits per heavy atom. The van der Waals surface area contributed by atoms with E-state index in [9.17, 15) is 9.59 Å². The summed E-state index contributed by atoms with van der Waals surface area (Å²) in [7, 11) is 1.42. The second kappa shape index (κ2) is 7.75. The lowest BCUT2D eigenvalue weighted by molar-refractivity contribution is -0.140. The monoisotopic (exact) mass is 354 g/mol. The van der Waals surface area contributed by atoms with E-state index in [4.69, 9.17) is 26.8 Å². The van der Waals surface area contributed by atoms with Crippen LogP contribution in [0, 0.1) is 0 Å². The van der Waals surface area contributed by atoms with E-state index in [1.54, 1.807) is 4.90 Å². The molecule has 2 rings (SSSR count). The van der Waals surface area contributed by atoms with Crippen molar-refractivity contribution in [1.82, 2.24) is 4.90 Å². The van der Waals surface area contributed by atoms with E-state index in [0.717, 1.165) is 19.3 Å². The summed E-state index contributed by atoms with van der Waals surface area (Å²) in [6, 6.07) is 3.14. The minimum atomic E-state index is -0.667. The van der Waals surface area contributed by atoms with Crippen molar-refractivity contribution in [2.24, 2.45) is 0 Å². The molecule has 0 unspecified atom stereocenters. The Morgan fingerprint density at radius 2 is 1.92 bits per heavy atom. The first-order valence-corrected chi connectivity index (χ1v) is 8.34.